The van der Waals surface area contributed by atoms with Gasteiger partial charge in [-0.05, 0) is 24.2 Å². The van der Waals surface area contributed by atoms with E-state index >= 15 is 0 Å². The third-order valence-corrected chi connectivity index (χ3v) is 4.58. The molecule has 1 aliphatic rings. The summed E-state index contributed by atoms with van der Waals surface area (Å²) >= 11 is 0. The molecule has 0 saturated heterocycles. The molecule has 1 amide bonds. The first-order chi connectivity index (χ1) is 9.30. The molecule has 0 aromatic heterocycles. The van der Waals surface area contributed by atoms with Gasteiger partial charge in [-0.15, -0.1) is 0 Å². The molecule has 0 bridgehead atoms. The highest BCUT2D eigenvalue weighted by atomic mass is 16.5. The molecule has 1 aliphatic carbocycles. The first-order valence-corrected chi connectivity index (χ1v) is 7.10. The molecule has 1 fully saturated rings. The van der Waals surface area contributed by atoms with Crippen LogP contribution >= 0.6 is 0 Å². The lowest BCUT2D eigenvalue weighted by atomic mass is 9.61. The number of nitrogens with one attached hydrogen (secondary N) is 1. The maximum atomic E-state index is 11.8. The van der Waals surface area contributed by atoms with Crippen LogP contribution in [0.3, 0.4) is 0 Å². The van der Waals surface area contributed by atoms with Gasteiger partial charge in [-0.1, -0.05) is 20.8 Å². The summed E-state index contributed by atoms with van der Waals surface area (Å²) in [6.45, 7) is 6.67. The number of carboxylic acids is 1. The quantitative estimate of drug-likeness (QED) is 0.621. The summed E-state index contributed by atoms with van der Waals surface area (Å²) < 4.78 is 5.10. The molecule has 4 N–H and O–H groups in total. The Balaban J connectivity index is 2.57. The van der Waals surface area contributed by atoms with E-state index in [1.54, 1.807) is 0 Å². The van der Waals surface area contributed by atoms with Gasteiger partial charge in [-0.25, -0.2) is 0 Å². The van der Waals surface area contributed by atoms with Crippen molar-refractivity contribution < 1.29 is 19.4 Å². The van der Waals surface area contributed by atoms with E-state index in [2.05, 4.69) is 5.32 Å². The number of aliphatic carboxylic acids is 1. The summed E-state index contributed by atoms with van der Waals surface area (Å²) in [5, 5.41) is 12.2. The highest BCUT2D eigenvalue weighted by Crippen LogP contribution is 2.45. The summed E-state index contributed by atoms with van der Waals surface area (Å²) in [5.41, 5.74) is 4.94. The van der Waals surface area contributed by atoms with Crippen LogP contribution in [0.15, 0.2) is 0 Å². The summed E-state index contributed by atoms with van der Waals surface area (Å²) in [6, 6.07) is -0.00502. The minimum atomic E-state index is -0.752. The van der Waals surface area contributed by atoms with Gasteiger partial charge in [0.15, 0.2) is 0 Å². The SMILES string of the molecule is CC1C(NC(=O)COCCN)CCC(C(=O)O)C1(C)C. The number of amides is 1. The molecule has 20 heavy (non-hydrogen) atoms. The molecule has 0 spiro atoms. The lowest BCUT2D eigenvalue weighted by Gasteiger charge is -2.46. The van der Waals surface area contributed by atoms with Crippen molar-refractivity contribution in [1.29, 1.82) is 0 Å². The number of nitrogens with two attached hydrogens (primary N) is 1. The normalized spacial score (nSPS) is 28.9. The fourth-order valence-electron chi connectivity index (χ4n) is 2.94. The Morgan fingerprint density at radius 2 is 2.05 bits per heavy atom. The van der Waals surface area contributed by atoms with E-state index in [4.69, 9.17) is 10.5 Å². The average molecular weight is 286 g/mol. The van der Waals surface area contributed by atoms with Crippen LogP contribution in [0.4, 0.5) is 0 Å². The van der Waals surface area contributed by atoms with Gasteiger partial charge in [0, 0.05) is 12.6 Å². The number of ether oxygens (including phenoxy) is 1. The van der Waals surface area contributed by atoms with Gasteiger partial charge < -0.3 is 20.9 Å². The van der Waals surface area contributed by atoms with Crippen LogP contribution in [0, 0.1) is 17.3 Å². The van der Waals surface area contributed by atoms with Crippen molar-refractivity contribution in [1.82, 2.24) is 5.32 Å². The smallest absolute Gasteiger partial charge is 0.307 e. The Bertz CT molecular complexity index is 357. The van der Waals surface area contributed by atoms with Crippen LogP contribution in [0.5, 0.6) is 0 Å². The summed E-state index contributed by atoms with van der Waals surface area (Å²) in [5.74, 6) is -1.19. The van der Waals surface area contributed by atoms with Crippen molar-refractivity contribution in [3.8, 4) is 0 Å². The lowest BCUT2D eigenvalue weighted by Crippen LogP contribution is -2.53. The second kappa shape index (κ2) is 7.04. The van der Waals surface area contributed by atoms with E-state index in [1.165, 1.54) is 0 Å². The third kappa shape index (κ3) is 3.93. The van der Waals surface area contributed by atoms with Gasteiger partial charge in [-0.2, -0.15) is 0 Å². The standard InChI is InChI=1S/C14H26N2O4/c1-9-11(16-12(17)8-20-7-6-15)5-4-10(13(18)19)14(9,2)3/h9-11H,4-8,15H2,1-3H3,(H,16,17)(H,18,19). The van der Waals surface area contributed by atoms with Gasteiger partial charge in [0.2, 0.25) is 5.91 Å². The second-order valence-corrected chi connectivity index (χ2v) is 6.09. The molecule has 1 rings (SSSR count). The van der Waals surface area contributed by atoms with Gasteiger partial charge in [0.25, 0.3) is 0 Å². The second-order valence-electron chi connectivity index (χ2n) is 6.09. The summed E-state index contributed by atoms with van der Waals surface area (Å²) in [4.78, 5) is 23.1. The fourth-order valence-corrected chi connectivity index (χ4v) is 2.94. The number of carbonyl (C=O) groups is 2. The topological polar surface area (TPSA) is 102 Å². The van der Waals surface area contributed by atoms with E-state index in [1.807, 2.05) is 20.8 Å². The molecule has 116 valence electrons. The van der Waals surface area contributed by atoms with E-state index < -0.39 is 5.97 Å². The molecular weight excluding hydrogens is 260 g/mol. The zero-order valence-electron chi connectivity index (χ0n) is 12.5. The monoisotopic (exact) mass is 286 g/mol. The van der Waals surface area contributed by atoms with Crippen molar-refractivity contribution in [2.24, 2.45) is 23.0 Å². The van der Waals surface area contributed by atoms with E-state index in [0.29, 0.717) is 26.0 Å². The predicted octanol–water partition coefficient (Wildman–Crippen LogP) is 0.603. The third-order valence-electron chi connectivity index (χ3n) is 4.58. The molecule has 6 heteroatoms. The summed E-state index contributed by atoms with van der Waals surface area (Å²) in [7, 11) is 0. The van der Waals surface area contributed by atoms with Gasteiger partial charge >= 0.3 is 5.97 Å². The molecule has 3 atom stereocenters. The van der Waals surface area contributed by atoms with E-state index in [-0.39, 0.29) is 35.8 Å². The number of carboxylic acid groups (broad SMARTS) is 1. The molecule has 0 aromatic rings. The Kier molecular flexibility index (Phi) is 5.95. The fraction of sp³-hybridized carbons (Fsp3) is 0.857. The minimum absolute atomic E-state index is 0.00318. The maximum Gasteiger partial charge on any atom is 0.307 e. The van der Waals surface area contributed by atoms with Crippen molar-refractivity contribution in [2.75, 3.05) is 19.8 Å². The minimum Gasteiger partial charge on any atom is -0.481 e. The molecule has 3 unspecified atom stereocenters. The molecule has 0 aromatic carbocycles. The predicted molar refractivity (Wildman–Crippen MR) is 75.1 cm³/mol. The summed E-state index contributed by atoms with van der Waals surface area (Å²) in [6.07, 6.45) is 1.27. The zero-order chi connectivity index (χ0) is 15.3. The molecule has 0 heterocycles. The Morgan fingerprint density at radius 3 is 2.60 bits per heavy atom. The van der Waals surface area contributed by atoms with Gasteiger partial charge in [0.1, 0.15) is 6.61 Å². The van der Waals surface area contributed by atoms with Crippen LogP contribution in [0.2, 0.25) is 0 Å². The molecular formula is C14H26N2O4. The van der Waals surface area contributed by atoms with E-state index in [9.17, 15) is 14.7 Å². The number of carbonyl (C=O) groups excluding carboxylic acids is 1. The number of rotatable bonds is 6. The van der Waals surface area contributed by atoms with Crippen LogP contribution < -0.4 is 11.1 Å². The molecule has 0 aliphatic heterocycles. The highest BCUT2D eigenvalue weighted by molar-refractivity contribution is 5.77. The van der Waals surface area contributed by atoms with Crippen LogP contribution in [-0.2, 0) is 14.3 Å². The molecule has 0 radical (unpaired) electrons. The van der Waals surface area contributed by atoms with Crippen LogP contribution in [0.1, 0.15) is 33.6 Å². The Hall–Kier alpha value is -1.14. The number of hydrogen-bond donors (Lipinski definition) is 3. The van der Waals surface area contributed by atoms with Crippen LogP contribution in [0.25, 0.3) is 0 Å². The van der Waals surface area contributed by atoms with Crippen molar-refractivity contribution in [2.45, 2.75) is 39.7 Å². The first kappa shape index (κ1) is 16.9. The lowest BCUT2D eigenvalue weighted by molar-refractivity contribution is -0.150. The number of hydrogen-bond acceptors (Lipinski definition) is 4. The Morgan fingerprint density at radius 1 is 1.40 bits per heavy atom. The average Bonchev–Trinajstić information content (AvgIpc) is 2.35. The molecule has 1 saturated carbocycles. The van der Waals surface area contributed by atoms with Gasteiger partial charge in [0.05, 0.1) is 12.5 Å². The first-order valence-electron chi connectivity index (χ1n) is 7.10. The van der Waals surface area contributed by atoms with Crippen molar-refractivity contribution >= 4 is 11.9 Å². The van der Waals surface area contributed by atoms with Crippen LogP contribution in [-0.4, -0.2) is 42.8 Å². The van der Waals surface area contributed by atoms with Crippen molar-refractivity contribution in [3.05, 3.63) is 0 Å². The molecule has 6 nitrogen and oxygen atoms in total. The largest absolute Gasteiger partial charge is 0.481 e. The van der Waals surface area contributed by atoms with Crippen molar-refractivity contribution in [3.63, 3.8) is 0 Å². The van der Waals surface area contributed by atoms with Gasteiger partial charge in [-0.3, -0.25) is 9.59 Å². The van der Waals surface area contributed by atoms with E-state index in [0.717, 1.165) is 0 Å². The Labute approximate surface area is 120 Å². The zero-order valence-corrected chi connectivity index (χ0v) is 12.5. The maximum absolute atomic E-state index is 11.8. The highest BCUT2D eigenvalue weighted by Gasteiger charge is 2.46.